The van der Waals surface area contributed by atoms with E-state index in [1.807, 2.05) is 0 Å². The van der Waals surface area contributed by atoms with Gasteiger partial charge in [-0.05, 0) is 153 Å². The molecular formula is C88H146CaO14S2. The summed E-state index contributed by atoms with van der Waals surface area (Å²) in [7, 11) is -10.0. The second-order valence-corrected chi connectivity index (χ2v) is 31.3. The smallest absolute Gasteiger partial charge is 0.744 e. The van der Waals surface area contributed by atoms with E-state index in [-0.39, 0.29) is 75.3 Å². The van der Waals surface area contributed by atoms with Gasteiger partial charge in [-0.15, -0.1) is 0 Å². The summed E-state index contributed by atoms with van der Waals surface area (Å²) in [4.78, 5) is 50.3. The first-order chi connectivity index (χ1) is 50.6. The Bertz CT molecular complexity index is 2610. The first-order valence-electron chi connectivity index (χ1n) is 42.1. The van der Waals surface area contributed by atoms with Crippen molar-refractivity contribution in [2.45, 2.75) is 397 Å². The SMILES string of the molecule is CCCCCCCCC/C=C/CCCCCCCOC(=O)c1cccc(S(=O)(=O)[O-])c1C(=O)OCCCCCCC/C=C/CCCCCCCCC.CCCCCCCCC/C=C/CCCCCCCOC(=O)c1cccc(S(=O)(=O)[O-])c1C(=O)OCCCCCCC/C=C/CCCCCCCCC.[Ca+2]. The van der Waals surface area contributed by atoms with Crippen LogP contribution >= 0.6 is 0 Å². The Morgan fingerprint density at radius 3 is 0.629 bits per heavy atom. The van der Waals surface area contributed by atoms with Crippen LogP contribution in [0.25, 0.3) is 0 Å². The van der Waals surface area contributed by atoms with Crippen LogP contribution in [0.15, 0.2) is 94.8 Å². The molecule has 0 fully saturated rings. The zero-order valence-electron chi connectivity index (χ0n) is 66.7. The van der Waals surface area contributed by atoms with Gasteiger partial charge in [-0.25, -0.2) is 36.0 Å². The van der Waals surface area contributed by atoms with E-state index in [4.69, 9.17) is 18.9 Å². The average Bonchev–Trinajstić information content (AvgIpc) is 0.799. The van der Waals surface area contributed by atoms with Crippen molar-refractivity contribution in [1.29, 1.82) is 0 Å². The molecule has 17 heteroatoms. The maximum Gasteiger partial charge on any atom is 2.00 e. The van der Waals surface area contributed by atoms with Crippen molar-refractivity contribution in [3.63, 3.8) is 0 Å². The number of carbonyl (C=O) groups excluding carboxylic acids is 4. The maximum atomic E-state index is 13.0. The molecule has 0 aromatic heterocycles. The fraction of sp³-hybridized carbons (Fsp3) is 0.727. The van der Waals surface area contributed by atoms with Gasteiger partial charge in [0.05, 0.1) is 58.5 Å². The molecular weight excluding hydrogens is 1390 g/mol. The van der Waals surface area contributed by atoms with E-state index in [1.165, 1.54) is 217 Å². The summed E-state index contributed by atoms with van der Waals surface area (Å²) in [5.74, 6) is -3.66. The van der Waals surface area contributed by atoms with Gasteiger partial charge in [0.15, 0.2) is 0 Å². The molecule has 0 spiro atoms. The third-order valence-electron chi connectivity index (χ3n) is 19.0. The Morgan fingerprint density at radius 1 is 0.267 bits per heavy atom. The van der Waals surface area contributed by atoms with Gasteiger partial charge >= 0.3 is 61.6 Å². The van der Waals surface area contributed by atoms with Gasteiger partial charge in [-0.2, -0.15) is 0 Å². The van der Waals surface area contributed by atoms with Gasteiger partial charge in [0.25, 0.3) is 0 Å². The molecule has 2 aromatic carbocycles. The van der Waals surface area contributed by atoms with E-state index >= 15 is 0 Å². The summed E-state index contributed by atoms with van der Waals surface area (Å²) in [6, 6.07) is 7.21. The number of ether oxygens (including phenoxy) is 4. The fourth-order valence-electron chi connectivity index (χ4n) is 12.6. The summed E-state index contributed by atoms with van der Waals surface area (Å²) < 4.78 is 93.3. The van der Waals surface area contributed by atoms with Crippen LogP contribution in [0.5, 0.6) is 0 Å². The topological polar surface area (TPSA) is 220 Å². The molecule has 0 saturated carbocycles. The number of carbonyl (C=O) groups is 4. The first-order valence-corrected chi connectivity index (χ1v) is 44.9. The number of unbranched alkanes of at least 4 members (excludes halogenated alkanes) is 48. The van der Waals surface area contributed by atoms with Crippen LogP contribution in [0.4, 0.5) is 0 Å². The van der Waals surface area contributed by atoms with Crippen molar-refractivity contribution < 1.29 is 64.1 Å². The molecule has 596 valence electrons. The Hall–Kier alpha value is -3.64. The zero-order valence-corrected chi connectivity index (χ0v) is 70.6. The Balaban J connectivity index is 0.00000204. The van der Waals surface area contributed by atoms with Crippen LogP contribution in [-0.4, -0.2) is 114 Å². The summed E-state index contributed by atoms with van der Waals surface area (Å²) >= 11 is 0. The number of hydrogen-bond donors (Lipinski definition) is 0. The molecule has 2 aromatic rings. The van der Waals surface area contributed by atoms with Crippen molar-refractivity contribution in [2.24, 2.45) is 0 Å². The van der Waals surface area contributed by atoms with Gasteiger partial charge in [0.2, 0.25) is 0 Å². The van der Waals surface area contributed by atoms with E-state index in [1.54, 1.807) is 0 Å². The normalized spacial score (nSPS) is 11.8. The Morgan fingerprint density at radius 2 is 0.438 bits per heavy atom. The molecule has 0 radical (unpaired) electrons. The monoisotopic (exact) mass is 1530 g/mol. The Labute approximate surface area is 671 Å². The largest absolute Gasteiger partial charge is 2.00 e. The maximum absolute atomic E-state index is 13.0. The molecule has 105 heavy (non-hydrogen) atoms. The van der Waals surface area contributed by atoms with Crippen LogP contribution in [0.1, 0.15) is 429 Å². The first kappa shape index (κ1) is 101. The van der Waals surface area contributed by atoms with Crippen LogP contribution < -0.4 is 0 Å². The van der Waals surface area contributed by atoms with E-state index in [9.17, 15) is 45.1 Å². The van der Waals surface area contributed by atoms with E-state index in [0.29, 0.717) is 25.7 Å². The summed E-state index contributed by atoms with van der Waals surface area (Å²) in [5, 5.41) is 0. The third-order valence-corrected chi connectivity index (χ3v) is 20.8. The molecule has 0 heterocycles. The predicted molar refractivity (Wildman–Crippen MR) is 434 cm³/mol. The molecule has 0 bridgehead atoms. The van der Waals surface area contributed by atoms with Crippen molar-refractivity contribution in [3.8, 4) is 0 Å². The predicted octanol–water partition coefficient (Wildman–Crippen LogP) is 25.6. The summed E-state index contributed by atoms with van der Waals surface area (Å²) in [6.07, 6.45) is 83.6. The van der Waals surface area contributed by atoms with Crippen LogP contribution in [-0.2, 0) is 39.2 Å². The van der Waals surface area contributed by atoms with Crippen molar-refractivity contribution in [3.05, 3.63) is 107 Å². The number of esters is 4. The van der Waals surface area contributed by atoms with Gasteiger partial charge in [0.1, 0.15) is 20.2 Å². The molecule has 0 amide bonds. The zero-order chi connectivity index (χ0) is 75.9. The van der Waals surface area contributed by atoms with Gasteiger partial charge in [-0.3, -0.25) is 0 Å². The van der Waals surface area contributed by atoms with Crippen LogP contribution in [0, 0.1) is 0 Å². The van der Waals surface area contributed by atoms with E-state index in [0.717, 1.165) is 153 Å². The molecule has 0 aliphatic heterocycles. The molecule has 2 rings (SSSR count). The van der Waals surface area contributed by atoms with E-state index < -0.39 is 65.0 Å². The van der Waals surface area contributed by atoms with Crippen LogP contribution in [0.3, 0.4) is 0 Å². The Kier molecular flexibility index (Phi) is 70.6. The third kappa shape index (κ3) is 58.9. The van der Waals surface area contributed by atoms with Crippen molar-refractivity contribution in [1.82, 2.24) is 0 Å². The van der Waals surface area contributed by atoms with Crippen LogP contribution in [0.2, 0.25) is 0 Å². The summed E-state index contributed by atoms with van der Waals surface area (Å²) in [6.45, 7) is 9.44. The second kappa shape index (κ2) is 73.2. The molecule has 14 nitrogen and oxygen atoms in total. The minimum Gasteiger partial charge on any atom is -0.744 e. The number of hydrogen-bond acceptors (Lipinski definition) is 14. The minimum absolute atomic E-state index is 0. The molecule has 0 aliphatic rings. The van der Waals surface area contributed by atoms with Crippen molar-refractivity contribution >= 4 is 81.9 Å². The fourth-order valence-corrected chi connectivity index (χ4v) is 14.0. The standard InChI is InChI=1S/2C44H74O7S.Ca/c2*1-3-5-7-9-11-13-15-17-19-21-23-25-27-29-31-33-38-50-43(45)40-36-35-37-41(52(47,48)49)42(40)44(46)51-39-34-32-30-28-26-24-22-20-18-16-14-12-10-8-6-4-2;/h2*19-22,35-37H,3-18,23-34,38-39H2,1-2H3,(H,47,48,49);/q;;+2/p-2/b2*21-19+,22-20+;. The van der Waals surface area contributed by atoms with Gasteiger partial charge < -0.3 is 28.1 Å². The van der Waals surface area contributed by atoms with E-state index in [2.05, 4.69) is 76.3 Å². The molecule has 0 unspecified atom stereocenters. The minimum atomic E-state index is -5.02. The molecule has 0 atom stereocenters. The number of benzene rings is 2. The molecule has 0 saturated heterocycles. The van der Waals surface area contributed by atoms with Crippen molar-refractivity contribution in [2.75, 3.05) is 26.4 Å². The second-order valence-electron chi connectivity index (χ2n) is 28.6. The number of allylic oxidation sites excluding steroid dienone is 8. The molecule has 0 aliphatic carbocycles. The van der Waals surface area contributed by atoms with Gasteiger partial charge in [-0.1, -0.05) is 320 Å². The number of rotatable bonds is 70. The average molecular weight is 1530 g/mol. The molecule has 0 N–H and O–H groups in total. The summed E-state index contributed by atoms with van der Waals surface area (Å²) in [5.41, 5.74) is -1.59. The quantitative estimate of drug-likeness (QED) is 0.0150. The van der Waals surface area contributed by atoms with Gasteiger partial charge in [0, 0.05) is 0 Å².